The molecule has 0 aliphatic heterocycles. The fourth-order valence-corrected chi connectivity index (χ4v) is 1.10. The summed E-state index contributed by atoms with van der Waals surface area (Å²) in [6.45, 7) is 0. The zero-order valence-corrected chi connectivity index (χ0v) is 11.7. The first kappa shape index (κ1) is 21.8. The second kappa shape index (κ2) is 12.3. The summed E-state index contributed by atoms with van der Waals surface area (Å²) in [6, 6.07) is -0.936. The van der Waals surface area contributed by atoms with Gasteiger partial charge in [-0.25, -0.2) is 4.79 Å². The Morgan fingerprint density at radius 1 is 0.773 bits per heavy atom. The van der Waals surface area contributed by atoms with Crippen LogP contribution in [0.4, 0.5) is 0 Å². The van der Waals surface area contributed by atoms with Gasteiger partial charge < -0.3 is 26.2 Å². The topological polar surface area (TPSA) is 192 Å². The first-order valence-electron chi connectivity index (χ1n) is 6.26. The van der Waals surface area contributed by atoms with E-state index in [-0.39, 0.29) is 32.1 Å². The predicted octanol–water partition coefficient (Wildman–Crippen LogP) is -0.452. The molecule has 0 aromatic rings. The van der Waals surface area contributed by atoms with Gasteiger partial charge in [0.1, 0.15) is 6.04 Å². The third kappa shape index (κ3) is 15.6. The maximum atomic E-state index is 10.3. The van der Waals surface area contributed by atoms with Crippen LogP contribution < -0.4 is 5.73 Å². The molecule has 0 amide bonds. The molecule has 0 aliphatic carbocycles. The summed E-state index contributed by atoms with van der Waals surface area (Å²) >= 11 is 0. The molecule has 0 aromatic heterocycles. The van der Waals surface area contributed by atoms with Crippen LogP contribution in [0.5, 0.6) is 0 Å². The minimum atomic E-state index is -1.50. The molecule has 6 N–H and O–H groups in total. The van der Waals surface area contributed by atoms with Gasteiger partial charge in [0.15, 0.2) is 0 Å². The zero-order valence-electron chi connectivity index (χ0n) is 11.7. The quantitative estimate of drug-likeness (QED) is 0.329. The molecule has 1 atom stereocenters. The Morgan fingerprint density at radius 3 is 1.59 bits per heavy atom. The van der Waals surface area contributed by atoms with Crippen molar-refractivity contribution in [3.05, 3.63) is 0 Å². The van der Waals surface area contributed by atoms with Crippen LogP contribution >= 0.6 is 0 Å². The summed E-state index contributed by atoms with van der Waals surface area (Å²) in [6.07, 6.45) is 0.201. The van der Waals surface area contributed by atoms with Gasteiger partial charge in [0, 0.05) is 19.3 Å². The van der Waals surface area contributed by atoms with Crippen LogP contribution in [0, 0.1) is 0 Å². The lowest BCUT2D eigenvalue weighted by Crippen LogP contribution is -2.29. The van der Waals surface area contributed by atoms with Gasteiger partial charge in [-0.15, -0.1) is 0 Å². The van der Waals surface area contributed by atoms with Gasteiger partial charge in [0.2, 0.25) is 5.78 Å². The van der Waals surface area contributed by atoms with Crippen molar-refractivity contribution in [2.45, 2.75) is 44.6 Å². The molecule has 10 nitrogen and oxygen atoms in total. The zero-order chi connectivity index (χ0) is 17.7. The largest absolute Gasteiger partial charge is 0.481 e. The molecule has 0 spiro atoms. The first-order chi connectivity index (χ1) is 10.1. The van der Waals surface area contributed by atoms with Crippen molar-refractivity contribution in [2.75, 3.05) is 0 Å². The van der Waals surface area contributed by atoms with Gasteiger partial charge in [-0.05, 0) is 19.3 Å². The Morgan fingerprint density at radius 2 is 1.23 bits per heavy atom. The van der Waals surface area contributed by atoms with E-state index in [0.29, 0.717) is 6.42 Å². The SMILES string of the molecule is NC(CCCC(=O)O)C(=O)O.O=C(O)CCCC(=O)C(=O)O. The molecule has 22 heavy (non-hydrogen) atoms. The van der Waals surface area contributed by atoms with Gasteiger partial charge in [-0.1, -0.05) is 0 Å². The second-order valence-corrected chi connectivity index (χ2v) is 4.21. The molecule has 0 radical (unpaired) electrons. The number of rotatable bonds is 10. The lowest BCUT2D eigenvalue weighted by Gasteiger charge is -2.02. The highest BCUT2D eigenvalue weighted by atomic mass is 16.4. The van der Waals surface area contributed by atoms with Crippen molar-refractivity contribution in [3.63, 3.8) is 0 Å². The fourth-order valence-electron chi connectivity index (χ4n) is 1.10. The Hall–Kier alpha value is -2.49. The smallest absolute Gasteiger partial charge is 0.372 e. The average Bonchev–Trinajstić information content (AvgIpc) is 2.38. The summed E-state index contributed by atoms with van der Waals surface area (Å²) in [5.74, 6) is -5.48. The van der Waals surface area contributed by atoms with E-state index in [0.717, 1.165) is 0 Å². The predicted molar refractivity (Wildman–Crippen MR) is 71.2 cm³/mol. The van der Waals surface area contributed by atoms with Crippen molar-refractivity contribution < 1.29 is 44.4 Å². The Labute approximate surface area is 125 Å². The standard InChI is InChI=1S/C6H11NO4.C6H8O5/c2*7-4(6(10)11)2-1-3-5(8)9/h4H,1-3,7H2,(H,8,9)(H,10,11);1-3H2,(H,8,9)(H,10,11). The van der Waals surface area contributed by atoms with Crippen LogP contribution in [-0.4, -0.2) is 56.1 Å². The third-order valence-corrected chi connectivity index (χ3v) is 2.26. The molecule has 0 fully saturated rings. The number of ketones is 1. The Kier molecular flexibility index (Phi) is 12.2. The number of Topliss-reactive ketones (excluding diaryl/α,β-unsaturated/α-hetero) is 1. The lowest BCUT2D eigenvalue weighted by molar-refractivity contribution is -0.149. The van der Waals surface area contributed by atoms with E-state index in [2.05, 4.69) is 0 Å². The summed E-state index contributed by atoms with van der Waals surface area (Å²) < 4.78 is 0. The number of hydrogen-bond acceptors (Lipinski definition) is 6. The highest BCUT2D eigenvalue weighted by molar-refractivity contribution is 6.32. The number of aliphatic carboxylic acids is 4. The summed E-state index contributed by atoms with van der Waals surface area (Å²) in [5, 5.41) is 32.6. The fraction of sp³-hybridized carbons (Fsp3) is 0.583. The third-order valence-electron chi connectivity index (χ3n) is 2.26. The van der Waals surface area contributed by atoms with E-state index in [1.165, 1.54) is 0 Å². The molecule has 1 unspecified atom stereocenters. The van der Waals surface area contributed by atoms with E-state index < -0.39 is 35.7 Å². The summed E-state index contributed by atoms with van der Waals surface area (Å²) in [4.78, 5) is 50.2. The number of hydrogen-bond donors (Lipinski definition) is 5. The maximum absolute atomic E-state index is 10.3. The van der Waals surface area contributed by atoms with E-state index in [4.69, 9.17) is 26.2 Å². The highest BCUT2D eigenvalue weighted by Crippen LogP contribution is 1.98. The highest BCUT2D eigenvalue weighted by Gasteiger charge is 2.11. The second-order valence-electron chi connectivity index (χ2n) is 4.21. The molecule has 0 rings (SSSR count). The number of nitrogens with two attached hydrogens (primary N) is 1. The van der Waals surface area contributed by atoms with Gasteiger partial charge in [-0.2, -0.15) is 0 Å². The van der Waals surface area contributed by atoms with Gasteiger partial charge in [0.25, 0.3) is 0 Å². The van der Waals surface area contributed by atoms with E-state index >= 15 is 0 Å². The Balaban J connectivity index is 0. The van der Waals surface area contributed by atoms with Crippen molar-refractivity contribution in [3.8, 4) is 0 Å². The van der Waals surface area contributed by atoms with E-state index in [1.54, 1.807) is 0 Å². The monoisotopic (exact) mass is 321 g/mol. The van der Waals surface area contributed by atoms with Crippen molar-refractivity contribution in [2.24, 2.45) is 5.73 Å². The van der Waals surface area contributed by atoms with Crippen molar-refractivity contribution in [1.29, 1.82) is 0 Å². The number of carbonyl (C=O) groups is 5. The molecule has 0 aromatic carbocycles. The van der Waals surface area contributed by atoms with Gasteiger partial charge in [0.05, 0.1) is 0 Å². The number of carboxylic acid groups (broad SMARTS) is 4. The average molecular weight is 321 g/mol. The van der Waals surface area contributed by atoms with Gasteiger partial charge >= 0.3 is 23.9 Å². The molecular formula is C12H19NO9. The number of carbonyl (C=O) groups excluding carboxylic acids is 1. The summed E-state index contributed by atoms with van der Waals surface area (Å²) in [5.41, 5.74) is 5.11. The molecule has 0 aliphatic rings. The van der Waals surface area contributed by atoms with Gasteiger partial charge in [-0.3, -0.25) is 19.2 Å². The molecule has 0 bridgehead atoms. The molecule has 0 saturated heterocycles. The first-order valence-corrected chi connectivity index (χ1v) is 6.26. The molecule has 10 heteroatoms. The minimum Gasteiger partial charge on any atom is -0.481 e. The van der Waals surface area contributed by atoms with Crippen LogP contribution in [0.15, 0.2) is 0 Å². The maximum Gasteiger partial charge on any atom is 0.372 e. The Bertz CT molecular complexity index is 419. The molecular weight excluding hydrogens is 302 g/mol. The van der Waals surface area contributed by atoms with Crippen molar-refractivity contribution >= 4 is 29.7 Å². The van der Waals surface area contributed by atoms with Crippen LogP contribution in [0.1, 0.15) is 38.5 Å². The van der Waals surface area contributed by atoms with Crippen LogP contribution in [0.2, 0.25) is 0 Å². The van der Waals surface area contributed by atoms with E-state index in [9.17, 15) is 24.0 Å². The minimum absolute atomic E-state index is 0.0268. The van der Waals surface area contributed by atoms with Crippen LogP contribution in [0.25, 0.3) is 0 Å². The van der Waals surface area contributed by atoms with Crippen molar-refractivity contribution in [1.82, 2.24) is 0 Å². The summed E-state index contributed by atoms with van der Waals surface area (Å²) in [7, 11) is 0. The number of carboxylic acids is 4. The lowest BCUT2D eigenvalue weighted by atomic mass is 10.1. The van der Waals surface area contributed by atoms with Crippen LogP contribution in [0.3, 0.4) is 0 Å². The van der Waals surface area contributed by atoms with Crippen LogP contribution in [-0.2, 0) is 24.0 Å². The molecule has 0 saturated carbocycles. The molecule has 0 heterocycles. The molecule has 126 valence electrons. The normalized spacial score (nSPS) is 10.8. The van der Waals surface area contributed by atoms with E-state index in [1.807, 2.05) is 0 Å².